The number of carbonyl (C=O) groups excluding carboxylic acids is 1. The smallest absolute Gasteiger partial charge is 0.219 e. The van der Waals surface area contributed by atoms with Gasteiger partial charge in [0, 0.05) is 38.9 Å². The lowest BCUT2D eigenvalue weighted by Crippen LogP contribution is -2.40. The minimum atomic E-state index is 0.143. The molecule has 20 heavy (non-hydrogen) atoms. The first-order valence-corrected chi connectivity index (χ1v) is 7.34. The van der Waals surface area contributed by atoms with Crippen molar-refractivity contribution in [2.75, 3.05) is 13.1 Å². The van der Waals surface area contributed by atoms with Crippen LogP contribution in [0.15, 0.2) is 12.4 Å². The Labute approximate surface area is 120 Å². The lowest BCUT2D eigenvalue weighted by molar-refractivity contribution is -0.130. The molecule has 0 saturated carbocycles. The minimum Gasteiger partial charge on any atom is -0.474 e. The van der Waals surface area contributed by atoms with Gasteiger partial charge in [0.25, 0.3) is 0 Å². The first-order valence-electron chi connectivity index (χ1n) is 7.34. The SMILES string of the molecule is CCC(C)c1cc(OC2CCN(C(C)=O)CC2)ncn1. The zero-order valence-corrected chi connectivity index (χ0v) is 12.5. The Balaban J connectivity index is 1.93. The average Bonchev–Trinajstić information content (AvgIpc) is 2.47. The molecule has 0 aliphatic carbocycles. The van der Waals surface area contributed by atoms with Crippen LogP contribution in [-0.4, -0.2) is 40.0 Å². The van der Waals surface area contributed by atoms with Crippen LogP contribution < -0.4 is 4.74 Å². The molecule has 2 heterocycles. The highest BCUT2D eigenvalue weighted by molar-refractivity contribution is 5.73. The number of likely N-dealkylation sites (tertiary alicyclic amines) is 1. The van der Waals surface area contributed by atoms with Crippen LogP contribution in [0, 0.1) is 0 Å². The van der Waals surface area contributed by atoms with Crippen molar-refractivity contribution in [2.45, 2.75) is 52.1 Å². The van der Waals surface area contributed by atoms with Crippen molar-refractivity contribution >= 4 is 5.91 Å². The van der Waals surface area contributed by atoms with Crippen LogP contribution in [0.1, 0.15) is 51.6 Å². The van der Waals surface area contributed by atoms with Gasteiger partial charge in [0.15, 0.2) is 0 Å². The molecule has 0 bridgehead atoms. The summed E-state index contributed by atoms with van der Waals surface area (Å²) in [5.74, 6) is 1.21. The van der Waals surface area contributed by atoms with Crippen molar-refractivity contribution in [1.82, 2.24) is 14.9 Å². The molecule has 1 fully saturated rings. The van der Waals surface area contributed by atoms with Gasteiger partial charge in [0.2, 0.25) is 11.8 Å². The predicted octanol–water partition coefficient (Wildman–Crippen LogP) is 2.38. The molecule has 1 amide bonds. The highest BCUT2D eigenvalue weighted by atomic mass is 16.5. The second kappa shape index (κ2) is 6.68. The van der Waals surface area contributed by atoms with Crippen molar-refractivity contribution in [1.29, 1.82) is 0 Å². The number of piperidine rings is 1. The van der Waals surface area contributed by atoms with Crippen molar-refractivity contribution in [3.05, 3.63) is 18.1 Å². The maximum absolute atomic E-state index is 11.3. The quantitative estimate of drug-likeness (QED) is 0.848. The van der Waals surface area contributed by atoms with Gasteiger partial charge in [-0.05, 0) is 12.3 Å². The van der Waals surface area contributed by atoms with Crippen molar-refractivity contribution < 1.29 is 9.53 Å². The molecule has 110 valence electrons. The number of hydrogen-bond acceptors (Lipinski definition) is 4. The fourth-order valence-electron chi connectivity index (χ4n) is 2.36. The number of nitrogens with zero attached hydrogens (tertiary/aromatic N) is 3. The zero-order chi connectivity index (χ0) is 14.5. The Bertz CT molecular complexity index is 456. The molecule has 0 radical (unpaired) electrons. The summed E-state index contributed by atoms with van der Waals surface area (Å²) in [6.45, 7) is 7.44. The molecule has 1 saturated heterocycles. The molecule has 1 aromatic heterocycles. The first kappa shape index (κ1) is 14.8. The molecule has 5 heteroatoms. The van der Waals surface area contributed by atoms with Crippen molar-refractivity contribution in [3.8, 4) is 5.88 Å². The summed E-state index contributed by atoms with van der Waals surface area (Å²) < 4.78 is 5.93. The fourth-order valence-corrected chi connectivity index (χ4v) is 2.36. The Morgan fingerprint density at radius 3 is 2.75 bits per heavy atom. The molecule has 0 spiro atoms. The van der Waals surface area contributed by atoms with Gasteiger partial charge in [-0.25, -0.2) is 9.97 Å². The van der Waals surface area contributed by atoms with Gasteiger partial charge >= 0.3 is 0 Å². The van der Waals surface area contributed by atoms with Gasteiger partial charge < -0.3 is 9.64 Å². The molecule has 1 aromatic rings. The molecule has 1 aliphatic heterocycles. The van der Waals surface area contributed by atoms with E-state index in [1.165, 1.54) is 0 Å². The number of aromatic nitrogens is 2. The molecule has 1 atom stereocenters. The largest absolute Gasteiger partial charge is 0.474 e. The number of carbonyl (C=O) groups is 1. The van der Waals surface area contributed by atoms with Gasteiger partial charge in [-0.1, -0.05) is 13.8 Å². The van der Waals surface area contributed by atoms with Crippen LogP contribution in [0.3, 0.4) is 0 Å². The molecule has 2 rings (SSSR count). The zero-order valence-electron chi connectivity index (χ0n) is 12.5. The first-order chi connectivity index (χ1) is 9.60. The average molecular weight is 277 g/mol. The summed E-state index contributed by atoms with van der Waals surface area (Å²) in [5.41, 5.74) is 1.03. The van der Waals surface area contributed by atoms with Crippen LogP contribution in [0.2, 0.25) is 0 Å². The van der Waals surface area contributed by atoms with Gasteiger partial charge in [-0.3, -0.25) is 4.79 Å². The molecule has 0 aromatic carbocycles. The van der Waals surface area contributed by atoms with Crippen LogP contribution in [0.5, 0.6) is 5.88 Å². The van der Waals surface area contributed by atoms with E-state index in [1.807, 2.05) is 11.0 Å². The van der Waals surface area contributed by atoms with Crippen molar-refractivity contribution in [2.24, 2.45) is 0 Å². The summed E-state index contributed by atoms with van der Waals surface area (Å²) in [7, 11) is 0. The van der Waals surface area contributed by atoms with E-state index in [0.29, 0.717) is 11.8 Å². The lowest BCUT2D eigenvalue weighted by atomic mass is 10.1. The minimum absolute atomic E-state index is 0.143. The van der Waals surface area contributed by atoms with Crippen LogP contribution in [0.25, 0.3) is 0 Å². The standard InChI is InChI=1S/C15H23N3O2/c1-4-11(2)14-9-15(17-10-16-14)20-13-5-7-18(8-6-13)12(3)19/h9-11,13H,4-8H2,1-3H3. The summed E-state index contributed by atoms with van der Waals surface area (Å²) >= 11 is 0. The van der Waals surface area contributed by atoms with E-state index in [9.17, 15) is 4.79 Å². The van der Waals surface area contributed by atoms with E-state index >= 15 is 0 Å². The lowest BCUT2D eigenvalue weighted by Gasteiger charge is -2.31. The topological polar surface area (TPSA) is 55.3 Å². The second-order valence-electron chi connectivity index (χ2n) is 5.41. The van der Waals surface area contributed by atoms with E-state index in [4.69, 9.17) is 4.74 Å². The molecule has 1 unspecified atom stereocenters. The second-order valence-corrected chi connectivity index (χ2v) is 5.41. The van der Waals surface area contributed by atoms with E-state index in [0.717, 1.165) is 38.0 Å². The van der Waals surface area contributed by atoms with Crippen LogP contribution in [-0.2, 0) is 4.79 Å². The summed E-state index contributed by atoms with van der Waals surface area (Å²) in [4.78, 5) is 21.6. The molecular weight excluding hydrogens is 254 g/mol. The summed E-state index contributed by atoms with van der Waals surface area (Å²) in [6, 6.07) is 1.94. The number of hydrogen-bond donors (Lipinski definition) is 0. The Morgan fingerprint density at radius 1 is 1.45 bits per heavy atom. The summed E-state index contributed by atoms with van der Waals surface area (Å²) in [5, 5.41) is 0. The van der Waals surface area contributed by atoms with Gasteiger partial charge in [0.05, 0.1) is 5.69 Å². The summed E-state index contributed by atoms with van der Waals surface area (Å²) in [6.07, 6.45) is 4.49. The Morgan fingerprint density at radius 2 is 2.15 bits per heavy atom. The molecule has 1 aliphatic rings. The number of rotatable bonds is 4. The van der Waals surface area contributed by atoms with Crippen molar-refractivity contribution in [3.63, 3.8) is 0 Å². The highest BCUT2D eigenvalue weighted by Crippen LogP contribution is 2.21. The van der Waals surface area contributed by atoms with Crippen LogP contribution >= 0.6 is 0 Å². The predicted molar refractivity (Wildman–Crippen MR) is 76.6 cm³/mol. The van der Waals surface area contributed by atoms with Gasteiger partial charge in [-0.2, -0.15) is 0 Å². The number of ether oxygens (including phenoxy) is 1. The third kappa shape index (κ3) is 3.68. The Hall–Kier alpha value is -1.65. The third-order valence-electron chi connectivity index (χ3n) is 3.96. The van der Waals surface area contributed by atoms with Gasteiger partial charge in [-0.15, -0.1) is 0 Å². The van der Waals surface area contributed by atoms with E-state index in [2.05, 4.69) is 23.8 Å². The monoisotopic (exact) mass is 277 g/mol. The molecular formula is C15H23N3O2. The van der Waals surface area contributed by atoms with E-state index in [-0.39, 0.29) is 12.0 Å². The molecule has 5 nitrogen and oxygen atoms in total. The maximum Gasteiger partial charge on any atom is 0.219 e. The maximum atomic E-state index is 11.3. The third-order valence-corrected chi connectivity index (χ3v) is 3.96. The fraction of sp³-hybridized carbons (Fsp3) is 0.667. The van der Waals surface area contributed by atoms with E-state index < -0.39 is 0 Å². The van der Waals surface area contributed by atoms with Gasteiger partial charge in [0.1, 0.15) is 12.4 Å². The highest BCUT2D eigenvalue weighted by Gasteiger charge is 2.22. The normalized spacial score (nSPS) is 17.9. The molecule has 0 N–H and O–H groups in total. The van der Waals surface area contributed by atoms with E-state index in [1.54, 1.807) is 13.3 Å². The number of amides is 1. The Kier molecular flexibility index (Phi) is 4.93. The van der Waals surface area contributed by atoms with Crippen LogP contribution in [0.4, 0.5) is 0 Å².